The van der Waals surface area contributed by atoms with Gasteiger partial charge >= 0.3 is 5.97 Å². The summed E-state index contributed by atoms with van der Waals surface area (Å²) in [5.41, 5.74) is -0.0260. The molecule has 100 valence electrons. The molecule has 0 saturated carbocycles. The van der Waals surface area contributed by atoms with Crippen LogP contribution in [0.25, 0.3) is 0 Å². The van der Waals surface area contributed by atoms with Crippen LogP contribution in [-0.2, 0) is 9.53 Å². The second-order valence-corrected chi connectivity index (χ2v) is 3.81. The fraction of sp³-hybridized carbons (Fsp3) is 0.462. The third kappa shape index (κ3) is 3.77. The van der Waals surface area contributed by atoms with Gasteiger partial charge in [0.2, 0.25) is 0 Å². The molecule has 1 unspecified atom stereocenters. The maximum absolute atomic E-state index is 13.6. The molecule has 0 aromatic heterocycles. The van der Waals surface area contributed by atoms with E-state index in [1.165, 1.54) is 0 Å². The SMILES string of the molecule is CCCNC(C(=O)OCC)c1cc(F)ccc1F. The summed E-state index contributed by atoms with van der Waals surface area (Å²) >= 11 is 0. The van der Waals surface area contributed by atoms with E-state index in [4.69, 9.17) is 4.74 Å². The highest BCUT2D eigenvalue weighted by molar-refractivity contribution is 5.77. The lowest BCUT2D eigenvalue weighted by molar-refractivity contribution is -0.145. The second kappa shape index (κ2) is 7.06. The minimum absolute atomic E-state index is 0.0260. The molecule has 0 bridgehead atoms. The van der Waals surface area contributed by atoms with Gasteiger partial charge in [-0.1, -0.05) is 6.92 Å². The van der Waals surface area contributed by atoms with Crippen molar-refractivity contribution in [3.63, 3.8) is 0 Å². The topological polar surface area (TPSA) is 38.3 Å². The molecule has 0 fully saturated rings. The molecule has 0 saturated heterocycles. The smallest absolute Gasteiger partial charge is 0.327 e. The molecular weight excluding hydrogens is 240 g/mol. The Hall–Kier alpha value is -1.49. The van der Waals surface area contributed by atoms with E-state index in [1.54, 1.807) is 6.92 Å². The van der Waals surface area contributed by atoms with Crippen molar-refractivity contribution in [2.24, 2.45) is 0 Å². The summed E-state index contributed by atoms with van der Waals surface area (Å²) in [6.45, 7) is 4.29. The minimum atomic E-state index is -0.972. The summed E-state index contributed by atoms with van der Waals surface area (Å²) in [7, 11) is 0. The van der Waals surface area contributed by atoms with Crippen molar-refractivity contribution in [1.82, 2.24) is 5.32 Å². The van der Waals surface area contributed by atoms with Crippen LogP contribution in [0.15, 0.2) is 18.2 Å². The monoisotopic (exact) mass is 257 g/mol. The second-order valence-electron chi connectivity index (χ2n) is 3.81. The molecular formula is C13H17F2NO2. The number of rotatable bonds is 6. The Morgan fingerprint density at radius 2 is 2.11 bits per heavy atom. The van der Waals surface area contributed by atoms with Gasteiger partial charge < -0.3 is 10.1 Å². The number of halogens is 2. The maximum atomic E-state index is 13.6. The Balaban J connectivity index is 3.00. The van der Waals surface area contributed by atoms with Gasteiger partial charge in [0.1, 0.15) is 17.7 Å². The minimum Gasteiger partial charge on any atom is -0.465 e. The fourth-order valence-electron chi connectivity index (χ4n) is 1.57. The Bertz CT molecular complexity index is 410. The Morgan fingerprint density at radius 1 is 1.39 bits per heavy atom. The lowest BCUT2D eigenvalue weighted by Crippen LogP contribution is -2.31. The molecule has 0 aliphatic rings. The number of nitrogens with one attached hydrogen (secondary N) is 1. The van der Waals surface area contributed by atoms with Crippen LogP contribution >= 0.6 is 0 Å². The highest BCUT2D eigenvalue weighted by atomic mass is 19.1. The zero-order valence-electron chi connectivity index (χ0n) is 10.5. The lowest BCUT2D eigenvalue weighted by atomic mass is 10.1. The van der Waals surface area contributed by atoms with E-state index >= 15 is 0 Å². The normalized spacial score (nSPS) is 12.2. The molecule has 3 nitrogen and oxygen atoms in total. The Labute approximate surface area is 105 Å². The van der Waals surface area contributed by atoms with Gasteiger partial charge in [-0.2, -0.15) is 0 Å². The zero-order valence-corrected chi connectivity index (χ0v) is 10.5. The fourth-order valence-corrected chi connectivity index (χ4v) is 1.57. The molecule has 1 atom stereocenters. The van der Waals surface area contributed by atoms with Crippen molar-refractivity contribution >= 4 is 5.97 Å². The van der Waals surface area contributed by atoms with Gasteiger partial charge in [0, 0.05) is 5.56 Å². The Morgan fingerprint density at radius 3 is 2.72 bits per heavy atom. The number of ether oxygens (including phenoxy) is 1. The Kier molecular flexibility index (Phi) is 5.71. The molecule has 0 aliphatic heterocycles. The van der Waals surface area contributed by atoms with Gasteiger partial charge in [0.25, 0.3) is 0 Å². The van der Waals surface area contributed by atoms with Gasteiger partial charge in [-0.25, -0.2) is 13.6 Å². The van der Waals surface area contributed by atoms with Crippen LogP contribution in [0.4, 0.5) is 8.78 Å². The summed E-state index contributed by atoms with van der Waals surface area (Å²) in [5.74, 6) is -1.81. The van der Waals surface area contributed by atoms with E-state index in [9.17, 15) is 13.6 Å². The van der Waals surface area contributed by atoms with Gasteiger partial charge in [-0.05, 0) is 38.1 Å². The van der Waals surface area contributed by atoms with Crippen molar-refractivity contribution in [3.05, 3.63) is 35.4 Å². The molecule has 1 N–H and O–H groups in total. The van der Waals surface area contributed by atoms with E-state index in [2.05, 4.69) is 5.32 Å². The van der Waals surface area contributed by atoms with Crippen LogP contribution in [0.1, 0.15) is 31.9 Å². The highest BCUT2D eigenvalue weighted by Gasteiger charge is 2.24. The van der Waals surface area contributed by atoms with Crippen molar-refractivity contribution in [1.29, 1.82) is 0 Å². The summed E-state index contributed by atoms with van der Waals surface area (Å²) in [6.07, 6.45) is 0.771. The molecule has 1 aromatic rings. The number of carbonyl (C=O) groups is 1. The zero-order chi connectivity index (χ0) is 13.5. The van der Waals surface area contributed by atoms with Crippen LogP contribution in [-0.4, -0.2) is 19.1 Å². The van der Waals surface area contributed by atoms with E-state index in [1.807, 2.05) is 6.92 Å². The number of esters is 1. The van der Waals surface area contributed by atoms with Crippen LogP contribution in [0, 0.1) is 11.6 Å². The van der Waals surface area contributed by atoms with E-state index < -0.39 is 23.6 Å². The first-order chi connectivity index (χ1) is 8.60. The van der Waals surface area contributed by atoms with Gasteiger partial charge in [-0.15, -0.1) is 0 Å². The first-order valence-corrected chi connectivity index (χ1v) is 5.95. The quantitative estimate of drug-likeness (QED) is 0.796. The first-order valence-electron chi connectivity index (χ1n) is 5.95. The average Bonchev–Trinajstić information content (AvgIpc) is 2.34. The third-order valence-corrected chi connectivity index (χ3v) is 2.39. The van der Waals surface area contributed by atoms with Crippen LogP contribution < -0.4 is 5.32 Å². The van der Waals surface area contributed by atoms with Gasteiger partial charge in [-0.3, -0.25) is 0 Å². The summed E-state index contributed by atoms with van der Waals surface area (Å²) in [5, 5.41) is 2.86. The van der Waals surface area contributed by atoms with Crippen LogP contribution in [0.3, 0.4) is 0 Å². The number of hydrogen-bond donors (Lipinski definition) is 1. The van der Waals surface area contributed by atoms with Crippen molar-refractivity contribution in [2.45, 2.75) is 26.3 Å². The number of hydrogen-bond acceptors (Lipinski definition) is 3. The lowest BCUT2D eigenvalue weighted by Gasteiger charge is -2.17. The first kappa shape index (κ1) is 14.6. The molecule has 18 heavy (non-hydrogen) atoms. The van der Waals surface area contributed by atoms with E-state index in [-0.39, 0.29) is 12.2 Å². The molecule has 1 aromatic carbocycles. The number of carbonyl (C=O) groups excluding carboxylic acids is 1. The molecule has 0 amide bonds. The number of benzene rings is 1. The standard InChI is InChI=1S/C13H17F2NO2/c1-3-7-16-12(13(17)18-4-2)10-8-9(14)5-6-11(10)15/h5-6,8,12,16H,3-4,7H2,1-2H3. The molecule has 0 radical (unpaired) electrons. The summed E-state index contributed by atoms with van der Waals surface area (Å²) in [4.78, 5) is 11.7. The third-order valence-electron chi connectivity index (χ3n) is 2.39. The molecule has 0 aliphatic carbocycles. The summed E-state index contributed by atoms with van der Waals surface area (Å²) in [6, 6.07) is 2.06. The van der Waals surface area contributed by atoms with E-state index in [0.717, 1.165) is 24.6 Å². The predicted octanol–water partition coefficient (Wildman–Crippen LogP) is 2.57. The predicted molar refractivity (Wildman–Crippen MR) is 64.0 cm³/mol. The summed E-state index contributed by atoms with van der Waals surface area (Å²) < 4.78 is 31.6. The molecule has 0 heterocycles. The van der Waals surface area contributed by atoms with Crippen LogP contribution in [0.5, 0.6) is 0 Å². The highest BCUT2D eigenvalue weighted by Crippen LogP contribution is 2.20. The average molecular weight is 257 g/mol. The van der Waals surface area contributed by atoms with Crippen molar-refractivity contribution in [3.8, 4) is 0 Å². The van der Waals surface area contributed by atoms with Crippen LogP contribution in [0.2, 0.25) is 0 Å². The van der Waals surface area contributed by atoms with Gasteiger partial charge in [0.15, 0.2) is 0 Å². The largest absolute Gasteiger partial charge is 0.465 e. The van der Waals surface area contributed by atoms with Crippen molar-refractivity contribution < 1.29 is 18.3 Å². The molecule has 1 rings (SSSR count). The molecule has 0 spiro atoms. The van der Waals surface area contributed by atoms with Crippen molar-refractivity contribution in [2.75, 3.05) is 13.2 Å². The molecule has 5 heteroatoms. The maximum Gasteiger partial charge on any atom is 0.327 e. The van der Waals surface area contributed by atoms with E-state index in [0.29, 0.717) is 6.54 Å². The van der Waals surface area contributed by atoms with Gasteiger partial charge in [0.05, 0.1) is 6.61 Å².